The molecule has 0 spiro atoms. The Morgan fingerprint density at radius 2 is 1.56 bits per heavy atom. The van der Waals surface area contributed by atoms with Crippen molar-refractivity contribution in [2.45, 2.75) is 89.9 Å². The molecule has 0 bridgehead atoms. The molecule has 10 heteroatoms. The molecule has 55 heavy (non-hydrogen) atoms. The van der Waals surface area contributed by atoms with E-state index in [4.69, 9.17) is 25.8 Å². The van der Waals surface area contributed by atoms with Gasteiger partial charge in [-0.3, -0.25) is 4.79 Å². The van der Waals surface area contributed by atoms with E-state index in [1.165, 1.54) is 33.3 Å². The molecule has 2 N–H and O–H groups in total. The lowest BCUT2D eigenvalue weighted by atomic mass is 9.82. The Kier molecular flexibility index (Phi) is 12.1. The van der Waals surface area contributed by atoms with Gasteiger partial charge in [-0.25, -0.2) is 9.37 Å². The van der Waals surface area contributed by atoms with Crippen LogP contribution in [0.2, 0.25) is 0 Å². The monoisotopic (exact) mass is 768 g/mol. The molecule has 0 fully saturated rings. The summed E-state index contributed by atoms with van der Waals surface area (Å²) < 4.78 is 21.2. The summed E-state index contributed by atoms with van der Waals surface area (Å²) in [7, 11) is 0. The van der Waals surface area contributed by atoms with Crippen LogP contribution in [0.5, 0.6) is 11.5 Å². The maximum Gasteiger partial charge on any atom is 0.336 e. The molecule has 8 rings (SSSR count). The zero-order valence-electron chi connectivity index (χ0n) is 32.1. The first-order valence-electron chi connectivity index (χ1n) is 20.8. The van der Waals surface area contributed by atoms with Crippen LogP contribution in [-0.2, 0) is 35.2 Å². The van der Waals surface area contributed by atoms with Crippen molar-refractivity contribution >= 4 is 34.7 Å². The van der Waals surface area contributed by atoms with Gasteiger partial charge >= 0.3 is 5.97 Å². The third kappa shape index (κ3) is 7.90. The number of nitrogens with one attached hydrogen (secondary N) is 1. The number of carboxylic acid groups (broad SMARTS) is 1. The minimum absolute atomic E-state index is 0.183. The lowest BCUT2D eigenvalue weighted by Crippen LogP contribution is -2.41. The molecule has 0 saturated heterocycles. The molecule has 5 aliphatic rings. The van der Waals surface area contributed by atoms with Crippen molar-refractivity contribution in [1.29, 1.82) is 0 Å². The number of hydrogen-bond acceptors (Lipinski definition) is 6. The number of aryl methyl sites for hydroxylation is 2. The minimum atomic E-state index is -1.01. The number of halogens is 1. The Morgan fingerprint density at radius 1 is 0.782 bits per heavy atom. The zero-order valence-corrected chi connectivity index (χ0v) is 32.9. The van der Waals surface area contributed by atoms with E-state index in [2.05, 4.69) is 26.9 Å². The van der Waals surface area contributed by atoms with Crippen LogP contribution in [0.1, 0.15) is 118 Å². The quantitative estimate of drug-likeness (QED) is 0.0850. The summed E-state index contributed by atoms with van der Waals surface area (Å²) in [6.45, 7) is 6.58. The lowest BCUT2D eigenvalue weighted by molar-refractivity contribution is 0.0468. The Labute approximate surface area is 329 Å². The summed E-state index contributed by atoms with van der Waals surface area (Å²) in [6, 6.07) is 9.61. The molecule has 1 amide bonds. The van der Waals surface area contributed by atoms with E-state index < -0.39 is 5.97 Å². The lowest BCUT2D eigenvalue weighted by Gasteiger charge is -2.35. The molecule has 0 atom stereocenters. The van der Waals surface area contributed by atoms with Crippen molar-refractivity contribution in [3.05, 3.63) is 85.4 Å². The van der Waals surface area contributed by atoms with Crippen LogP contribution in [0.25, 0.3) is 5.57 Å². The van der Waals surface area contributed by atoms with Crippen LogP contribution >= 0.6 is 11.6 Å². The maximum absolute atomic E-state index is 13.7. The summed E-state index contributed by atoms with van der Waals surface area (Å²) in [5, 5.41) is 16.0. The second-order valence-electron chi connectivity index (χ2n) is 15.7. The van der Waals surface area contributed by atoms with Crippen molar-refractivity contribution in [2.24, 2.45) is 0 Å². The molecular weight excluding hydrogens is 714 g/mol. The van der Waals surface area contributed by atoms with Gasteiger partial charge in [0.2, 0.25) is 5.36 Å². The first-order chi connectivity index (χ1) is 27.0. The van der Waals surface area contributed by atoms with Crippen LogP contribution in [0.4, 0.5) is 5.69 Å². The number of amides is 1. The number of aromatic carboxylic acids is 1. The van der Waals surface area contributed by atoms with Crippen molar-refractivity contribution in [3.8, 4) is 11.5 Å². The van der Waals surface area contributed by atoms with Crippen molar-refractivity contribution in [1.82, 2.24) is 9.89 Å². The summed E-state index contributed by atoms with van der Waals surface area (Å²) in [6.07, 6.45) is 14.8. The van der Waals surface area contributed by atoms with E-state index in [1.54, 1.807) is 18.2 Å². The van der Waals surface area contributed by atoms with Crippen LogP contribution < -0.4 is 30.1 Å². The number of nitrogens with zero attached hydrogens (tertiary/aromatic N) is 2. The molecule has 5 heterocycles. The number of unbranched alkanes of at least 4 members (excludes halogenated alkanes) is 3. The molecule has 0 saturated carbocycles. The standard InChI is InChI=1S/C45H54ClN3O6/c46-17-5-1-2-8-23-53-25-26-54-24-18-47-44(50)32-15-16-33(45(51)52)36(29-32)39-37-27-30-11-3-6-19-48-21-9-13-34(40(30)48)42(37)55-43-35-14-10-22-49-20-7-4-12-31(41(35)49)28-38(39)43/h15-16,27-29H,1-14,17-26H2,(H-,47,50,51,52)/p+1. The van der Waals surface area contributed by atoms with Gasteiger partial charge in [-0.05, 0) is 106 Å². The van der Waals surface area contributed by atoms with E-state index in [1.807, 2.05) is 0 Å². The van der Waals surface area contributed by atoms with E-state index in [0.717, 1.165) is 144 Å². The fourth-order valence-corrected chi connectivity index (χ4v) is 9.70. The highest BCUT2D eigenvalue weighted by molar-refractivity contribution is 6.17. The molecule has 9 nitrogen and oxygen atoms in total. The van der Waals surface area contributed by atoms with Gasteiger partial charge in [-0.15, -0.1) is 11.6 Å². The highest BCUT2D eigenvalue weighted by Crippen LogP contribution is 2.48. The number of anilines is 1. The molecule has 0 unspecified atom stereocenters. The van der Waals surface area contributed by atoms with E-state index in [0.29, 0.717) is 50.0 Å². The normalized spacial score (nSPS) is 16.9. The average molecular weight is 769 g/mol. The molecule has 3 aromatic carbocycles. The Bertz CT molecular complexity index is 2080. The number of carbonyl (C=O) groups is 2. The van der Waals surface area contributed by atoms with E-state index in [9.17, 15) is 14.7 Å². The van der Waals surface area contributed by atoms with Crippen LogP contribution in [0.3, 0.4) is 0 Å². The van der Waals surface area contributed by atoms with Crippen molar-refractivity contribution in [2.75, 3.05) is 69.9 Å². The maximum atomic E-state index is 13.7. The Balaban J connectivity index is 1.15. The first kappa shape index (κ1) is 38.0. The summed E-state index contributed by atoms with van der Waals surface area (Å²) in [5.74, 6) is 1.17. The zero-order chi connectivity index (χ0) is 37.7. The van der Waals surface area contributed by atoms with E-state index in [-0.39, 0.29) is 11.5 Å². The average Bonchev–Trinajstić information content (AvgIpc) is 3.55. The second-order valence-corrected chi connectivity index (χ2v) is 16.1. The van der Waals surface area contributed by atoms with Crippen LogP contribution in [0.15, 0.2) is 30.3 Å². The molecule has 292 valence electrons. The highest BCUT2D eigenvalue weighted by Gasteiger charge is 2.36. The summed E-state index contributed by atoms with van der Waals surface area (Å²) in [5.41, 5.74) is 9.43. The fraction of sp³-hybridized carbons (Fsp3) is 0.533. The van der Waals surface area contributed by atoms with Gasteiger partial charge in [0.15, 0.2) is 0 Å². The SMILES string of the molecule is O=C(NCCOCCOCCCCCCCl)c1ccc(C(=O)O)c(C2=c3cc4c5c(c3Oc3c2cc2c6c3CCCN6CCCC2)CCC[N+]=5CCCC4)c1. The van der Waals surface area contributed by atoms with Crippen LogP contribution in [0, 0.1) is 0 Å². The van der Waals surface area contributed by atoms with E-state index >= 15 is 0 Å². The third-order valence-corrected chi connectivity index (χ3v) is 12.3. The van der Waals surface area contributed by atoms with Gasteiger partial charge in [0.05, 0.1) is 30.9 Å². The summed E-state index contributed by atoms with van der Waals surface area (Å²) >= 11 is 5.74. The predicted octanol–water partition coefficient (Wildman–Crippen LogP) is 6.16. The molecule has 0 aliphatic carbocycles. The van der Waals surface area contributed by atoms with Gasteiger partial charge in [0.25, 0.3) is 5.91 Å². The molecule has 0 radical (unpaired) electrons. The van der Waals surface area contributed by atoms with Crippen molar-refractivity contribution < 1.29 is 28.9 Å². The molecule has 0 aromatic heterocycles. The summed E-state index contributed by atoms with van der Waals surface area (Å²) in [4.78, 5) is 29.3. The minimum Gasteiger partial charge on any atom is -0.478 e. The number of alkyl halides is 1. The van der Waals surface area contributed by atoms with Gasteiger partial charge in [-0.2, -0.15) is 0 Å². The first-order valence-corrected chi connectivity index (χ1v) is 21.4. The molecule has 3 aromatic rings. The number of benzene rings is 3. The number of rotatable bonds is 15. The number of carboxylic acids is 1. The van der Waals surface area contributed by atoms with Crippen molar-refractivity contribution in [3.63, 3.8) is 0 Å². The smallest absolute Gasteiger partial charge is 0.336 e. The second kappa shape index (κ2) is 17.5. The molecule has 5 aliphatic heterocycles. The third-order valence-electron chi connectivity index (χ3n) is 12.0. The highest BCUT2D eigenvalue weighted by atomic mass is 35.5. The molecular formula is C45H55ClN3O6+. The van der Waals surface area contributed by atoms with Gasteiger partial charge in [0.1, 0.15) is 24.6 Å². The van der Waals surface area contributed by atoms with Gasteiger partial charge in [0, 0.05) is 83.7 Å². The van der Waals surface area contributed by atoms with Gasteiger partial charge in [-0.1, -0.05) is 12.8 Å². The number of ether oxygens (including phenoxy) is 3. The fourth-order valence-electron chi connectivity index (χ4n) is 9.51. The number of fused-ring (bicyclic) bond motifs is 4. The predicted molar refractivity (Wildman–Crippen MR) is 216 cm³/mol. The Morgan fingerprint density at radius 3 is 2.44 bits per heavy atom. The topological polar surface area (TPSA) is 100 Å². The number of carbonyl (C=O) groups excluding carboxylic acids is 1. The number of hydrogen-bond donors (Lipinski definition) is 2. The van der Waals surface area contributed by atoms with Gasteiger partial charge < -0.3 is 29.5 Å². The van der Waals surface area contributed by atoms with Crippen LogP contribution in [-0.4, -0.2) is 82.0 Å². The Hall–Kier alpha value is -3.92. The largest absolute Gasteiger partial charge is 0.478 e.